The third-order valence-corrected chi connectivity index (χ3v) is 3.22. The van der Waals surface area contributed by atoms with Crippen LogP contribution in [0.2, 0.25) is 5.02 Å². The molecule has 0 bridgehead atoms. The zero-order valence-corrected chi connectivity index (χ0v) is 10.9. The van der Waals surface area contributed by atoms with E-state index in [-0.39, 0.29) is 12.1 Å². The van der Waals surface area contributed by atoms with Crippen LogP contribution in [0.5, 0.6) is 0 Å². The molecule has 2 rings (SSSR count). The molecule has 1 atom stereocenters. The van der Waals surface area contributed by atoms with Crippen LogP contribution in [0.1, 0.15) is 22.7 Å². The van der Waals surface area contributed by atoms with Crippen molar-refractivity contribution >= 4 is 11.6 Å². The van der Waals surface area contributed by atoms with Gasteiger partial charge >= 0.3 is 0 Å². The number of H-pyrrole nitrogens is 2. The van der Waals surface area contributed by atoms with E-state index in [2.05, 4.69) is 10.2 Å². The number of nitrogens with one attached hydrogen (secondary N) is 2. The molecule has 0 aliphatic rings. The van der Waals surface area contributed by atoms with Gasteiger partial charge in [-0.05, 0) is 24.6 Å². The average Bonchev–Trinajstić information content (AvgIpc) is 2.67. The highest BCUT2D eigenvalue weighted by atomic mass is 35.5. The molecule has 1 aromatic heterocycles. The molecule has 1 heterocycles. The monoisotopic (exact) mass is 281 g/mol. The second-order valence-electron chi connectivity index (χ2n) is 4.24. The SMILES string of the molecule is Cc1[nH][nH]c(=O)c1C(C[N+](=O)[O-])c1ccc(Cl)cc1. The largest absolute Gasteiger partial charge is 0.302 e. The van der Waals surface area contributed by atoms with Crippen LogP contribution >= 0.6 is 11.6 Å². The van der Waals surface area contributed by atoms with Crippen molar-refractivity contribution in [1.29, 1.82) is 0 Å². The number of hydrogen-bond acceptors (Lipinski definition) is 3. The van der Waals surface area contributed by atoms with Crippen molar-refractivity contribution in [2.75, 3.05) is 6.54 Å². The van der Waals surface area contributed by atoms with Gasteiger partial charge in [-0.15, -0.1) is 0 Å². The molecule has 0 aliphatic carbocycles. The fourth-order valence-electron chi connectivity index (χ4n) is 2.08. The summed E-state index contributed by atoms with van der Waals surface area (Å²) in [6, 6.07) is 6.70. The first-order chi connectivity index (χ1) is 8.99. The van der Waals surface area contributed by atoms with Crippen molar-refractivity contribution < 1.29 is 4.92 Å². The minimum absolute atomic E-state index is 0.334. The maximum absolute atomic E-state index is 11.8. The second-order valence-corrected chi connectivity index (χ2v) is 4.67. The maximum atomic E-state index is 11.8. The van der Waals surface area contributed by atoms with Gasteiger partial charge in [-0.3, -0.25) is 20.0 Å². The summed E-state index contributed by atoms with van der Waals surface area (Å²) < 4.78 is 0. The lowest BCUT2D eigenvalue weighted by molar-refractivity contribution is -0.481. The topological polar surface area (TPSA) is 91.8 Å². The van der Waals surface area contributed by atoms with Gasteiger partial charge in [0.15, 0.2) is 0 Å². The minimum atomic E-state index is -0.595. The van der Waals surface area contributed by atoms with Gasteiger partial charge in [-0.2, -0.15) is 0 Å². The molecule has 0 radical (unpaired) electrons. The Morgan fingerprint density at radius 1 is 1.32 bits per heavy atom. The highest BCUT2D eigenvalue weighted by Crippen LogP contribution is 2.25. The smallest absolute Gasteiger partial charge is 0.268 e. The van der Waals surface area contributed by atoms with Crippen LogP contribution < -0.4 is 5.56 Å². The van der Waals surface area contributed by atoms with Gasteiger partial charge < -0.3 is 5.10 Å². The van der Waals surface area contributed by atoms with E-state index in [0.717, 1.165) is 0 Å². The summed E-state index contributed by atoms with van der Waals surface area (Å²) in [5.41, 5.74) is 1.35. The Morgan fingerprint density at radius 2 is 1.95 bits per heavy atom. The van der Waals surface area contributed by atoms with Gasteiger partial charge in [0.1, 0.15) is 0 Å². The van der Waals surface area contributed by atoms with E-state index < -0.39 is 10.8 Å². The molecule has 2 aromatic rings. The molecule has 7 heteroatoms. The predicted octanol–water partition coefficient (Wildman–Crippen LogP) is 2.07. The van der Waals surface area contributed by atoms with Crippen molar-refractivity contribution in [2.45, 2.75) is 12.8 Å². The first kappa shape index (κ1) is 13.4. The lowest BCUT2D eigenvalue weighted by Crippen LogP contribution is -2.20. The quantitative estimate of drug-likeness (QED) is 0.664. The molecule has 6 nitrogen and oxygen atoms in total. The highest BCUT2D eigenvalue weighted by molar-refractivity contribution is 6.30. The fourth-order valence-corrected chi connectivity index (χ4v) is 2.21. The van der Waals surface area contributed by atoms with Crippen LogP contribution in [0.15, 0.2) is 29.1 Å². The normalized spacial score (nSPS) is 12.3. The van der Waals surface area contributed by atoms with Gasteiger partial charge in [0.05, 0.1) is 11.5 Å². The average molecular weight is 282 g/mol. The molecule has 1 unspecified atom stereocenters. The zero-order chi connectivity index (χ0) is 14.0. The first-order valence-corrected chi connectivity index (χ1v) is 6.01. The number of hydrogen-bond donors (Lipinski definition) is 2. The number of nitro groups is 1. The lowest BCUT2D eigenvalue weighted by Gasteiger charge is -2.12. The van der Waals surface area contributed by atoms with Gasteiger partial charge in [0.2, 0.25) is 6.54 Å². The number of nitrogens with zero attached hydrogens (tertiary/aromatic N) is 1. The third kappa shape index (κ3) is 2.85. The van der Waals surface area contributed by atoms with E-state index in [4.69, 9.17) is 11.6 Å². The van der Waals surface area contributed by atoms with Crippen LogP contribution in [-0.2, 0) is 0 Å². The molecule has 0 fully saturated rings. The van der Waals surface area contributed by atoms with Crippen molar-refractivity contribution in [1.82, 2.24) is 10.2 Å². The number of aromatic nitrogens is 2. The molecule has 0 aliphatic heterocycles. The Kier molecular flexibility index (Phi) is 3.71. The Balaban J connectivity index is 2.50. The molecule has 2 N–H and O–H groups in total. The second kappa shape index (κ2) is 5.27. The van der Waals surface area contributed by atoms with E-state index in [1.54, 1.807) is 31.2 Å². The Morgan fingerprint density at radius 3 is 2.42 bits per heavy atom. The molecule has 0 amide bonds. The number of aromatic amines is 2. The van der Waals surface area contributed by atoms with Crippen LogP contribution in [-0.4, -0.2) is 21.7 Å². The molecule has 100 valence electrons. The van der Waals surface area contributed by atoms with Crippen molar-refractivity contribution in [2.24, 2.45) is 0 Å². The van der Waals surface area contributed by atoms with Crippen LogP contribution in [0, 0.1) is 17.0 Å². The number of halogens is 1. The van der Waals surface area contributed by atoms with Crippen molar-refractivity contribution in [3.05, 3.63) is 66.6 Å². The standard InChI is InChI=1S/C12H12ClN3O3/c1-7-11(12(17)15-14-7)10(6-16(18)19)8-2-4-9(13)5-3-8/h2-5,10H,6H2,1H3,(H2,14,15,17). The molecule has 19 heavy (non-hydrogen) atoms. The van der Waals surface area contributed by atoms with Crippen LogP contribution in [0.25, 0.3) is 0 Å². The van der Waals surface area contributed by atoms with E-state index in [0.29, 0.717) is 21.8 Å². The fraction of sp³-hybridized carbons (Fsp3) is 0.250. The third-order valence-electron chi connectivity index (χ3n) is 2.96. The van der Waals surface area contributed by atoms with Crippen molar-refractivity contribution in [3.63, 3.8) is 0 Å². The predicted molar refractivity (Wildman–Crippen MR) is 71.3 cm³/mol. The van der Waals surface area contributed by atoms with E-state index in [1.807, 2.05) is 0 Å². The Labute approximate surface area is 113 Å². The minimum Gasteiger partial charge on any atom is -0.302 e. The first-order valence-electron chi connectivity index (χ1n) is 5.63. The molecule has 1 aromatic carbocycles. The maximum Gasteiger partial charge on any atom is 0.268 e. The van der Waals surface area contributed by atoms with E-state index >= 15 is 0 Å². The molecule has 0 saturated carbocycles. The summed E-state index contributed by atoms with van der Waals surface area (Å²) in [7, 11) is 0. The molecule has 0 saturated heterocycles. The van der Waals surface area contributed by atoms with Gasteiger partial charge in [0, 0.05) is 15.6 Å². The van der Waals surface area contributed by atoms with Crippen LogP contribution in [0.3, 0.4) is 0 Å². The zero-order valence-electron chi connectivity index (χ0n) is 10.1. The van der Waals surface area contributed by atoms with E-state index in [1.165, 1.54) is 0 Å². The lowest BCUT2D eigenvalue weighted by atomic mass is 9.92. The Bertz CT molecular complexity index is 645. The van der Waals surface area contributed by atoms with Gasteiger partial charge in [-0.25, -0.2) is 0 Å². The number of benzene rings is 1. The number of aryl methyl sites for hydroxylation is 1. The van der Waals surface area contributed by atoms with Gasteiger partial charge in [-0.1, -0.05) is 23.7 Å². The molecular weight excluding hydrogens is 270 g/mol. The summed E-state index contributed by atoms with van der Waals surface area (Å²) in [5.74, 6) is -0.595. The molecular formula is C12H12ClN3O3. The summed E-state index contributed by atoms with van der Waals surface area (Å²) in [4.78, 5) is 22.2. The van der Waals surface area contributed by atoms with Gasteiger partial charge in [0.25, 0.3) is 5.56 Å². The van der Waals surface area contributed by atoms with E-state index in [9.17, 15) is 14.9 Å². The summed E-state index contributed by atoms with van der Waals surface area (Å²) in [6.07, 6.45) is 0. The highest BCUT2D eigenvalue weighted by Gasteiger charge is 2.25. The summed E-state index contributed by atoms with van der Waals surface area (Å²) in [6.45, 7) is 1.36. The summed E-state index contributed by atoms with van der Waals surface area (Å²) >= 11 is 5.80. The van der Waals surface area contributed by atoms with Crippen LogP contribution in [0.4, 0.5) is 0 Å². The summed E-state index contributed by atoms with van der Waals surface area (Å²) in [5, 5.41) is 16.5. The number of rotatable bonds is 4. The molecule has 0 spiro atoms. The Hall–Kier alpha value is -2.08. The van der Waals surface area contributed by atoms with Crippen molar-refractivity contribution in [3.8, 4) is 0 Å².